The predicted molar refractivity (Wildman–Crippen MR) is 73.7 cm³/mol. The maximum atomic E-state index is 11.5. The van der Waals surface area contributed by atoms with Crippen molar-refractivity contribution in [3.63, 3.8) is 0 Å². The van der Waals surface area contributed by atoms with Crippen LogP contribution in [0.2, 0.25) is 0 Å². The molecule has 1 amide bonds. The number of hydrogen-bond donors (Lipinski definition) is 1. The maximum absolute atomic E-state index is 11.5. The molecule has 0 atom stereocenters. The first kappa shape index (κ1) is 14.4. The van der Waals surface area contributed by atoms with E-state index in [9.17, 15) is 4.79 Å². The number of nitrogens with one attached hydrogen (secondary N) is 1. The molecule has 0 aliphatic rings. The molecule has 0 aromatic heterocycles. The average Bonchev–Trinajstić information content (AvgIpc) is 2.36. The Balaban J connectivity index is 2.46. The summed E-state index contributed by atoms with van der Waals surface area (Å²) in [6.07, 6.45) is -0.290. The highest BCUT2D eigenvalue weighted by atomic mass is 16.6. The van der Waals surface area contributed by atoms with E-state index >= 15 is 0 Å². The summed E-state index contributed by atoms with van der Waals surface area (Å²) in [4.78, 5) is 13.0. The topological polar surface area (TPSA) is 41.6 Å². The number of benzene rings is 1. The molecule has 0 heterocycles. The standard InChI is InChI=1S/C14H22N2O2/c1-5-16(4)14(17)18-10-12-6-8-13(9-7-12)15-11(2)3/h6-9,11,15H,5,10H2,1-4H3. The summed E-state index contributed by atoms with van der Waals surface area (Å²) in [6.45, 7) is 7.06. The van der Waals surface area contributed by atoms with Gasteiger partial charge in [-0.2, -0.15) is 0 Å². The number of amides is 1. The van der Waals surface area contributed by atoms with Crippen molar-refractivity contribution in [3.8, 4) is 0 Å². The Kier molecular flexibility index (Phi) is 5.49. The van der Waals surface area contributed by atoms with Gasteiger partial charge in [0, 0.05) is 25.3 Å². The largest absolute Gasteiger partial charge is 0.445 e. The van der Waals surface area contributed by atoms with Gasteiger partial charge in [-0.25, -0.2) is 4.79 Å². The van der Waals surface area contributed by atoms with E-state index < -0.39 is 0 Å². The number of ether oxygens (including phenoxy) is 1. The van der Waals surface area contributed by atoms with Gasteiger partial charge in [-0.15, -0.1) is 0 Å². The number of hydrogen-bond acceptors (Lipinski definition) is 3. The third kappa shape index (κ3) is 4.65. The Morgan fingerprint density at radius 2 is 1.94 bits per heavy atom. The first-order valence-corrected chi connectivity index (χ1v) is 6.26. The van der Waals surface area contributed by atoms with Gasteiger partial charge in [0.1, 0.15) is 6.61 Å². The zero-order valence-electron chi connectivity index (χ0n) is 11.6. The van der Waals surface area contributed by atoms with Crippen LogP contribution in [0, 0.1) is 0 Å². The van der Waals surface area contributed by atoms with Crippen molar-refractivity contribution < 1.29 is 9.53 Å². The monoisotopic (exact) mass is 250 g/mol. The van der Waals surface area contributed by atoms with Crippen LogP contribution in [0.4, 0.5) is 10.5 Å². The van der Waals surface area contributed by atoms with E-state index in [0.29, 0.717) is 19.2 Å². The molecule has 0 fully saturated rings. The zero-order valence-corrected chi connectivity index (χ0v) is 11.6. The molecule has 4 heteroatoms. The Morgan fingerprint density at radius 1 is 1.33 bits per heavy atom. The minimum Gasteiger partial charge on any atom is -0.445 e. The second-order valence-corrected chi connectivity index (χ2v) is 4.56. The lowest BCUT2D eigenvalue weighted by Crippen LogP contribution is -2.26. The van der Waals surface area contributed by atoms with E-state index in [0.717, 1.165) is 11.3 Å². The molecule has 0 radical (unpaired) electrons. The zero-order chi connectivity index (χ0) is 13.5. The molecule has 0 aliphatic heterocycles. The molecule has 0 unspecified atom stereocenters. The van der Waals surface area contributed by atoms with Gasteiger partial charge in [0.2, 0.25) is 0 Å². The van der Waals surface area contributed by atoms with Crippen molar-refractivity contribution in [2.24, 2.45) is 0 Å². The molecule has 1 N–H and O–H groups in total. The first-order valence-electron chi connectivity index (χ1n) is 6.26. The summed E-state index contributed by atoms with van der Waals surface area (Å²) in [5, 5.41) is 3.31. The summed E-state index contributed by atoms with van der Waals surface area (Å²) in [7, 11) is 1.72. The average molecular weight is 250 g/mol. The first-order chi connectivity index (χ1) is 8.52. The van der Waals surface area contributed by atoms with E-state index in [-0.39, 0.29) is 6.09 Å². The molecule has 0 spiro atoms. The summed E-state index contributed by atoms with van der Waals surface area (Å²) in [5.41, 5.74) is 2.06. The molecule has 4 nitrogen and oxygen atoms in total. The van der Waals surface area contributed by atoms with Crippen molar-refractivity contribution >= 4 is 11.8 Å². The van der Waals surface area contributed by atoms with Crippen LogP contribution >= 0.6 is 0 Å². The number of carbonyl (C=O) groups excluding carboxylic acids is 1. The Hall–Kier alpha value is -1.71. The van der Waals surface area contributed by atoms with E-state index in [1.165, 1.54) is 4.90 Å². The third-order valence-corrected chi connectivity index (χ3v) is 2.56. The lowest BCUT2D eigenvalue weighted by molar-refractivity contribution is 0.106. The number of nitrogens with zero attached hydrogens (tertiary/aromatic N) is 1. The molecule has 0 bridgehead atoms. The number of carbonyl (C=O) groups is 1. The normalized spacial score (nSPS) is 10.3. The fourth-order valence-electron chi connectivity index (χ4n) is 1.41. The molecule has 100 valence electrons. The van der Waals surface area contributed by atoms with Gasteiger partial charge in [-0.1, -0.05) is 12.1 Å². The minimum absolute atomic E-state index is 0.290. The Morgan fingerprint density at radius 3 is 2.44 bits per heavy atom. The van der Waals surface area contributed by atoms with E-state index in [1.807, 2.05) is 31.2 Å². The third-order valence-electron chi connectivity index (χ3n) is 2.56. The predicted octanol–water partition coefficient (Wildman–Crippen LogP) is 3.10. The van der Waals surface area contributed by atoms with Crippen molar-refractivity contribution in [2.75, 3.05) is 18.9 Å². The molecule has 0 saturated heterocycles. The summed E-state index contributed by atoms with van der Waals surface area (Å²) >= 11 is 0. The molecular weight excluding hydrogens is 228 g/mol. The molecular formula is C14H22N2O2. The van der Waals surface area contributed by atoms with Crippen molar-refractivity contribution in [3.05, 3.63) is 29.8 Å². The van der Waals surface area contributed by atoms with Crippen LogP contribution in [0.15, 0.2) is 24.3 Å². The fourth-order valence-corrected chi connectivity index (χ4v) is 1.41. The molecule has 1 rings (SSSR count). The Labute approximate surface area is 109 Å². The number of rotatable bonds is 5. The molecule has 0 aliphatic carbocycles. The molecule has 1 aromatic carbocycles. The van der Waals surface area contributed by atoms with Gasteiger partial charge >= 0.3 is 6.09 Å². The summed E-state index contributed by atoms with van der Waals surface area (Å²) in [5.74, 6) is 0. The van der Waals surface area contributed by atoms with Crippen LogP contribution in [0.3, 0.4) is 0 Å². The maximum Gasteiger partial charge on any atom is 0.409 e. The fraction of sp³-hybridized carbons (Fsp3) is 0.500. The van der Waals surface area contributed by atoms with Gasteiger partial charge in [-0.05, 0) is 38.5 Å². The Bertz CT molecular complexity index is 374. The second-order valence-electron chi connectivity index (χ2n) is 4.56. The highest BCUT2D eigenvalue weighted by molar-refractivity contribution is 5.67. The number of anilines is 1. The van der Waals surface area contributed by atoms with Crippen molar-refractivity contribution in [1.29, 1.82) is 0 Å². The quantitative estimate of drug-likeness (QED) is 0.873. The lowest BCUT2D eigenvalue weighted by Gasteiger charge is -2.14. The van der Waals surface area contributed by atoms with Crippen LogP contribution in [-0.2, 0) is 11.3 Å². The highest BCUT2D eigenvalue weighted by Gasteiger charge is 2.07. The minimum atomic E-state index is -0.290. The van der Waals surface area contributed by atoms with Gasteiger partial charge < -0.3 is 15.0 Å². The molecule has 0 saturated carbocycles. The van der Waals surface area contributed by atoms with Crippen LogP contribution in [-0.4, -0.2) is 30.6 Å². The molecule has 1 aromatic rings. The van der Waals surface area contributed by atoms with Gasteiger partial charge in [-0.3, -0.25) is 0 Å². The molecule has 18 heavy (non-hydrogen) atoms. The van der Waals surface area contributed by atoms with Crippen molar-refractivity contribution in [1.82, 2.24) is 4.90 Å². The smallest absolute Gasteiger partial charge is 0.409 e. The van der Waals surface area contributed by atoms with E-state index in [4.69, 9.17) is 4.74 Å². The van der Waals surface area contributed by atoms with Crippen LogP contribution in [0.25, 0.3) is 0 Å². The SMILES string of the molecule is CCN(C)C(=O)OCc1ccc(NC(C)C)cc1. The second kappa shape index (κ2) is 6.89. The van der Waals surface area contributed by atoms with Gasteiger partial charge in [0.15, 0.2) is 0 Å². The van der Waals surface area contributed by atoms with Gasteiger partial charge in [0.25, 0.3) is 0 Å². The van der Waals surface area contributed by atoms with Crippen LogP contribution in [0.5, 0.6) is 0 Å². The lowest BCUT2D eigenvalue weighted by atomic mass is 10.2. The highest BCUT2D eigenvalue weighted by Crippen LogP contribution is 2.11. The summed E-state index contributed by atoms with van der Waals surface area (Å²) in [6, 6.07) is 8.32. The van der Waals surface area contributed by atoms with Crippen molar-refractivity contribution in [2.45, 2.75) is 33.4 Å². The van der Waals surface area contributed by atoms with E-state index in [1.54, 1.807) is 7.05 Å². The summed E-state index contributed by atoms with van der Waals surface area (Å²) < 4.78 is 5.17. The van der Waals surface area contributed by atoms with Crippen LogP contribution < -0.4 is 5.32 Å². The van der Waals surface area contributed by atoms with Gasteiger partial charge in [0.05, 0.1) is 0 Å². The van der Waals surface area contributed by atoms with Crippen LogP contribution in [0.1, 0.15) is 26.3 Å². The van der Waals surface area contributed by atoms with E-state index in [2.05, 4.69) is 19.2 Å².